The molecule has 27 heavy (non-hydrogen) atoms. The molecule has 0 atom stereocenters. The molecule has 7 nitrogen and oxygen atoms in total. The monoisotopic (exact) mass is 404 g/mol. The SMILES string of the molecule is CCOc1ccc(Cl)cc1-c1cc(C)ncc1C(=O)Nc1nnc(OC)s1. The first-order chi connectivity index (χ1) is 13.0. The van der Waals surface area contributed by atoms with Crippen LogP contribution in [0.2, 0.25) is 5.02 Å². The first-order valence-corrected chi connectivity index (χ1v) is 9.29. The Balaban J connectivity index is 2.03. The van der Waals surface area contributed by atoms with Gasteiger partial charge in [0, 0.05) is 28.0 Å². The van der Waals surface area contributed by atoms with Crippen LogP contribution in [0.1, 0.15) is 23.0 Å². The van der Waals surface area contributed by atoms with Gasteiger partial charge in [0.15, 0.2) is 0 Å². The highest BCUT2D eigenvalue weighted by Gasteiger charge is 2.19. The lowest BCUT2D eigenvalue weighted by molar-refractivity contribution is 0.102. The van der Waals surface area contributed by atoms with E-state index in [-0.39, 0.29) is 5.91 Å². The fourth-order valence-electron chi connectivity index (χ4n) is 2.46. The summed E-state index contributed by atoms with van der Waals surface area (Å²) in [5, 5.41) is 11.6. The van der Waals surface area contributed by atoms with E-state index < -0.39 is 0 Å². The number of pyridine rings is 1. The molecular weight excluding hydrogens is 388 g/mol. The Kier molecular flexibility index (Phi) is 5.88. The Morgan fingerprint density at radius 2 is 2.07 bits per heavy atom. The van der Waals surface area contributed by atoms with Crippen molar-refractivity contribution in [2.24, 2.45) is 0 Å². The van der Waals surface area contributed by atoms with Crippen LogP contribution in [0.25, 0.3) is 11.1 Å². The molecule has 2 heterocycles. The van der Waals surface area contributed by atoms with Gasteiger partial charge >= 0.3 is 0 Å². The number of rotatable bonds is 6. The van der Waals surface area contributed by atoms with Crippen LogP contribution in [0.3, 0.4) is 0 Å². The van der Waals surface area contributed by atoms with Crippen molar-refractivity contribution in [1.82, 2.24) is 15.2 Å². The van der Waals surface area contributed by atoms with Gasteiger partial charge in [-0.3, -0.25) is 15.1 Å². The predicted molar refractivity (Wildman–Crippen MR) is 105 cm³/mol. The van der Waals surface area contributed by atoms with E-state index in [1.165, 1.54) is 13.3 Å². The minimum absolute atomic E-state index is 0.333. The second-order valence-corrected chi connectivity index (χ2v) is 6.85. The average Bonchev–Trinajstić information content (AvgIpc) is 3.10. The van der Waals surface area contributed by atoms with Crippen molar-refractivity contribution < 1.29 is 14.3 Å². The van der Waals surface area contributed by atoms with Gasteiger partial charge in [0.2, 0.25) is 5.13 Å². The van der Waals surface area contributed by atoms with Gasteiger partial charge in [-0.1, -0.05) is 16.7 Å². The van der Waals surface area contributed by atoms with Gasteiger partial charge in [-0.05, 0) is 49.4 Å². The highest BCUT2D eigenvalue weighted by atomic mass is 35.5. The number of nitrogens with one attached hydrogen (secondary N) is 1. The molecule has 9 heteroatoms. The van der Waals surface area contributed by atoms with Gasteiger partial charge in [-0.2, -0.15) is 0 Å². The van der Waals surface area contributed by atoms with Crippen LogP contribution in [0.4, 0.5) is 5.13 Å². The molecule has 1 amide bonds. The number of anilines is 1. The number of hydrogen-bond donors (Lipinski definition) is 1. The largest absolute Gasteiger partial charge is 0.493 e. The number of nitrogens with zero attached hydrogens (tertiary/aromatic N) is 3. The first-order valence-electron chi connectivity index (χ1n) is 8.10. The first kappa shape index (κ1) is 19.1. The third-order valence-electron chi connectivity index (χ3n) is 3.62. The summed E-state index contributed by atoms with van der Waals surface area (Å²) in [5.41, 5.74) is 2.52. The maximum atomic E-state index is 12.8. The number of hydrogen-bond acceptors (Lipinski definition) is 7. The van der Waals surface area contributed by atoms with E-state index in [9.17, 15) is 4.79 Å². The van der Waals surface area contributed by atoms with Gasteiger partial charge in [0.05, 0.1) is 19.3 Å². The maximum Gasteiger partial charge on any atom is 0.295 e. The van der Waals surface area contributed by atoms with Crippen LogP contribution in [0.5, 0.6) is 10.9 Å². The third kappa shape index (κ3) is 4.35. The van der Waals surface area contributed by atoms with Crippen molar-refractivity contribution in [3.05, 3.63) is 46.7 Å². The summed E-state index contributed by atoms with van der Waals surface area (Å²) in [6.45, 7) is 4.24. The van der Waals surface area contributed by atoms with Gasteiger partial charge in [-0.25, -0.2) is 0 Å². The second-order valence-electron chi connectivity index (χ2n) is 5.48. The normalized spacial score (nSPS) is 10.5. The van der Waals surface area contributed by atoms with E-state index in [1.807, 2.05) is 19.9 Å². The van der Waals surface area contributed by atoms with E-state index >= 15 is 0 Å². The molecule has 0 saturated heterocycles. The summed E-state index contributed by atoms with van der Waals surface area (Å²) in [5.74, 6) is 0.276. The minimum Gasteiger partial charge on any atom is -0.493 e. The Morgan fingerprint density at radius 1 is 1.26 bits per heavy atom. The molecule has 1 N–H and O–H groups in total. The summed E-state index contributed by atoms with van der Waals surface area (Å²) >= 11 is 7.32. The Bertz CT molecular complexity index is 977. The number of carbonyl (C=O) groups excluding carboxylic acids is 1. The zero-order valence-electron chi connectivity index (χ0n) is 14.9. The van der Waals surface area contributed by atoms with E-state index in [1.54, 1.807) is 18.2 Å². The average molecular weight is 405 g/mol. The standard InChI is InChI=1S/C18H17ClN4O3S/c1-4-26-15-6-5-11(19)8-13(15)12-7-10(2)20-9-14(12)16(24)21-17-22-23-18(25-3)27-17/h5-9H,4H2,1-3H3,(H,21,22,24). The molecule has 0 aliphatic carbocycles. The summed E-state index contributed by atoms with van der Waals surface area (Å²) in [6.07, 6.45) is 1.52. The fourth-order valence-corrected chi connectivity index (χ4v) is 3.19. The number of aromatic nitrogens is 3. The van der Waals surface area contributed by atoms with E-state index in [0.29, 0.717) is 38.8 Å². The van der Waals surface area contributed by atoms with Crippen molar-refractivity contribution in [1.29, 1.82) is 0 Å². The zero-order chi connectivity index (χ0) is 19.4. The molecule has 0 fully saturated rings. The molecule has 0 spiro atoms. The summed E-state index contributed by atoms with van der Waals surface area (Å²) in [7, 11) is 1.49. The highest BCUT2D eigenvalue weighted by molar-refractivity contribution is 7.17. The van der Waals surface area contributed by atoms with Crippen LogP contribution in [-0.2, 0) is 0 Å². The minimum atomic E-state index is -0.362. The van der Waals surface area contributed by atoms with Crippen LogP contribution < -0.4 is 14.8 Å². The van der Waals surface area contributed by atoms with E-state index in [0.717, 1.165) is 22.6 Å². The van der Waals surface area contributed by atoms with Crippen molar-refractivity contribution in [3.63, 3.8) is 0 Å². The van der Waals surface area contributed by atoms with Crippen molar-refractivity contribution >= 4 is 34.0 Å². The number of carbonyl (C=O) groups is 1. The van der Waals surface area contributed by atoms with Crippen molar-refractivity contribution in [2.75, 3.05) is 19.0 Å². The summed E-state index contributed by atoms with van der Waals surface area (Å²) < 4.78 is 10.7. The van der Waals surface area contributed by atoms with Crippen LogP contribution in [0, 0.1) is 6.92 Å². The van der Waals surface area contributed by atoms with Gasteiger partial charge in [0.1, 0.15) is 5.75 Å². The van der Waals surface area contributed by atoms with E-state index in [4.69, 9.17) is 21.1 Å². The predicted octanol–water partition coefficient (Wildman–Crippen LogP) is 4.22. The van der Waals surface area contributed by atoms with Crippen molar-refractivity contribution in [2.45, 2.75) is 13.8 Å². The molecule has 3 rings (SSSR count). The lowest BCUT2D eigenvalue weighted by atomic mass is 9.99. The Morgan fingerprint density at radius 3 is 2.78 bits per heavy atom. The van der Waals surface area contributed by atoms with E-state index in [2.05, 4.69) is 20.5 Å². The van der Waals surface area contributed by atoms with Crippen LogP contribution in [0.15, 0.2) is 30.5 Å². The molecule has 1 aromatic carbocycles. The Labute approximate surface area is 165 Å². The molecule has 0 unspecified atom stereocenters. The number of ether oxygens (including phenoxy) is 2. The zero-order valence-corrected chi connectivity index (χ0v) is 16.5. The number of aryl methyl sites for hydroxylation is 1. The van der Waals surface area contributed by atoms with Crippen molar-refractivity contribution in [3.8, 4) is 22.1 Å². The Hall–Kier alpha value is -2.71. The van der Waals surface area contributed by atoms with Crippen LogP contribution >= 0.6 is 22.9 Å². The smallest absolute Gasteiger partial charge is 0.295 e. The molecule has 0 aliphatic heterocycles. The molecule has 0 bridgehead atoms. The van der Waals surface area contributed by atoms with Gasteiger partial charge in [-0.15, -0.1) is 5.10 Å². The summed E-state index contributed by atoms with van der Waals surface area (Å²) in [4.78, 5) is 17.1. The van der Waals surface area contributed by atoms with Gasteiger partial charge < -0.3 is 9.47 Å². The molecule has 0 radical (unpaired) electrons. The quantitative estimate of drug-likeness (QED) is 0.661. The molecule has 3 aromatic rings. The lowest BCUT2D eigenvalue weighted by Crippen LogP contribution is -2.14. The number of halogens is 1. The van der Waals surface area contributed by atoms with Crippen LogP contribution in [-0.4, -0.2) is 34.8 Å². The molecule has 140 valence electrons. The van der Waals surface area contributed by atoms with Gasteiger partial charge in [0.25, 0.3) is 11.1 Å². The topological polar surface area (TPSA) is 86.2 Å². The number of benzene rings is 1. The molecule has 0 saturated carbocycles. The number of methoxy groups -OCH3 is 1. The fraction of sp³-hybridized carbons (Fsp3) is 0.222. The highest BCUT2D eigenvalue weighted by Crippen LogP contribution is 2.35. The second kappa shape index (κ2) is 8.32. The summed E-state index contributed by atoms with van der Waals surface area (Å²) in [6, 6.07) is 7.13. The molecular formula is C18H17ClN4O3S. The molecule has 0 aliphatic rings. The maximum absolute atomic E-state index is 12.8. The third-order valence-corrected chi connectivity index (χ3v) is 4.65. The molecule has 2 aromatic heterocycles. The lowest BCUT2D eigenvalue weighted by Gasteiger charge is -2.14. The number of amides is 1.